The lowest BCUT2D eigenvalue weighted by Gasteiger charge is -2.59. The highest BCUT2D eigenvalue weighted by atomic mass is 32.1. The van der Waals surface area contributed by atoms with E-state index in [1.165, 1.54) is 28.0 Å². The molecule has 1 saturated carbocycles. The van der Waals surface area contributed by atoms with Crippen LogP contribution in [0, 0.1) is 18.3 Å². The van der Waals surface area contributed by atoms with Gasteiger partial charge in [0.05, 0.1) is 19.6 Å². The number of nitrogens with zero attached hydrogens (tertiary/aromatic N) is 1. The minimum Gasteiger partial charge on any atom is -0.496 e. The number of thiophene rings is 1. The molecule has 0 spiro atoms. The Kier molecular flexibility index (Phi) is 5.75. The van der Waals surface area contributed by atoms with E-state index in [9.17, 15) is 9.59 Å². The Morgan fingerprint density at radius 3 is 2.59 bits per heavy atom. The van der Waals surface area contributed by atoms with Crippen LogP contribution in [0.2, 0.25) is 0 Å². The summed E-state index contributed by atoms with van der Waals surface area (Å²) >= 11 is 1.81. The molecule has 3 aromatic rings. The molecule has 4 atom stereocenters. The number of aryl methyl sites for hydroxylation is 1. The van der Waals surface area contributed by atoms with Crippen LogP contribution in [0.25, 0.3) is 6.08 Å². The molecule has 2 fully saturated rings. The second-order valence-corrected chi connectivity index (χ2v) is 11.7. The summed E-state index contributed by atoms with van der Waals surface area (Å²) in [5.74, 6) is 0.402. The second-order valence-electron chi connectivity index (χ2n) is 10.4. The molecule has 1 amide bonds. The van der Waals surface area contributed by atoms with Gasteiger partial charge in [0.15, 0.2) is 0 Å². The fourth-order valence-corrected chi connectivity index (χ4v) is 8.62. The van der Waals surface area contributed by atoms with Gasteiger partial charge in [0.2, 0.25) is 5.91 Å². The van der Waals surface area contributed by atoms with Crippen molar-refractivity contribution in [3.05, 3.63) is 93.2 Å². The number of rotatable bonds is 5. The number of para-hydroxylation sites is 1. The van der Waals surface area contributed by atoms with Crippen LogP contribution in [-0.2, 0) is 19.7 Å². The van der Waals surface area contributed by atoms with Crippen molar-refractivity contribution in [1.82, 2.24) is 4.90 Å². The van der Waals surface area contributed by atoms with Crippen LogP contribution in [-0.4, -0.2) is 44.1 Å². The van der Waals surface area contributed by atoms with Crippen LogP contribution in [0.3, 0.4) is 0 Å². The zero-order chi connectivity index (χ0) is 25.8. The van der Waals surface area contributed by atoms with E-state index in [1.54, 1.807) is 19.3 Å². The number of benzene rings is 2. The Morgan fingerprint density at radius 2 is 1.84 bits per heavy atom. The molecule has 2 aromatic carbocycles. The second kappa shape index (κ2) is 8.88. The van der Waals surface area contributed by atoms with E-state index < -0.39 is 5.41 Å². The SMILES string of the molecule is COC(=O)[C@]12CN(C(=O)/C=C/c3ccccc3OC)C[C@H]1[C@]1(c3ccc(C)s3)CC[C@H]2c2ccccc21. The first-order valence-corrected chi connectivity index (χ1v) is 13.6. The minimum atomic E-state index is -0.771. The van der Waals surface area contributed by atoms with Crippen molar-refractivity contribution in [3.8, 4) is 5.75 Å². The lowest BCUT2D eigenvalue weighted by atomic mass is 9.43. The molecular formula is C31H31NO4S. The standard InChI is InChI=1S/C31H31NO4S/c1-20-12-14-27(37-20)30-17-16-24(22-9-5-6-10-23(22)30)31(29(34)36-3)19-32(18-26(30)31)28(33)15-13-21-8-4-7-11-25(21)35-2/h4-15,24,26H,16-19H2,1-3H3/b15-13+/t24-,26-,30-,31-/m0/s1. The highest BCUT2D eigenvalue weighted by molar-refractivity contribution is 7.12. The van der Waals surface area contributed by atoms with Gasteiger partial charge >= 0.3 is 5.97 Å². The van der Waals surface area contributed by atoms with E-state index in [1.807, 2.05) is 40.5 Å². The summed E-state index contributed by atoms with van der Waals surface area (Å²) in [5.41, 5.74) is 2.31. The van der Waals surface area contributed by atoms with Gasteiger partial charge in [-0.1, -0.05) is 42.5 Å². The summed E-state index contributed by atoms with van der Waals surface area (Å²) in [4.78, 5) is 31.8. The van der Waals surface area contributed by atoms with Gasteiger partial charge in [0.1, 0.15) is 5.75 Å². The van der Waals surface area contributed by atoms with Gasteiger partial charge in [-0.05, 0) is 55.2 Å². The van der Waals surface area contributed by atoms with Crippen molar-refractivity contribution in [2.45, 2.75) is 31.1 Å². The predicted molar refractivity (Wildman–Crippen MR) is 145 cm³/mol. The van der Waals surface area contributed by atoms with Crippen molar-refractivity contribution in [3.63, 3.8) is 0 Å². The number of carbonyl (C=O) groups is 2. The quantitative estimate of drug-likeness (QED) is 0.331. The number of hydrogen-bond acceptors (Lipinski definition) is 5. The predicted octanol–water partition coefficient (Wildman–Crippen LogP) is 5.57. The summed E-state index contributed by atoms with van der Waals surface area (Å²) in [6, 6.07) is 20.6. The number of ether oxygens (including phenoxy) is 2. The third-order valence-corrected chi connectivity index (χ3v) is 10.1. The van der Waals surface area contributed by atoms with Crippen LogP contribution >= 0.6 is 11.3 Å². The van der Waals surface area contributed by atoms with Crippen molar-refractivity contribution in [1.29, 1.82) is 0 Å². The number of carbonyl (C=O) groups excluding carboxylic acids is 2. The molecule has 1 saturated heterocycles. The average molecular weight is 514 g/mol. The van der Waals surface area contributed by atoms with Gasteiger partial charge in [-0.15, -0.1) is 11.3 Å². The molecule has 0 radical (unpaired) electrons. The molecule has 5 nitrogen and oxygen atoms in total. The van der Waals surface area contributed by atoms with E-state index in [2.05, 4.69) is 43.3 Å². The highest BCUT2D eigenvalue weighted by Gasteiger charge is 2.71. The monoisotopic (exact) mass is 513 g/mol. The molecule has 4 aliphatic rings. The van der Waals surface area contributed by atoms with Crippen LogP contribution < -0.4 is 4.74 Å². The third kappa shape index (κ3) is 3.35. The smallest absolute Gasteiger partial charge is 0.314 e. The summed E-state index contributed by atoms with van der Waals surface area (Å²) in [5, 5.41) is 0. The lowest BCUT2D eigenvalue weighted by molar-refractivity contribution is -0.161. The fourth-order valence-electron chi connectivity index (χ4n) is 7.47. The maximum absolute atomic E-state index is 13.8. The van der Waals surface area contributed by atoms with Crippen molar-refractivity contribution >= 4 is 29.3 Å². The largest absolute Gasteiger partial charge is 0.496 e. The van der Waals surface area contributed by atoms with E-state index in [0.717, 1.165) is 18.4 Å². The Hall–Kier alpha value is -3.38. The van der Waals surface area contributed by atoms with Crippen LogP contribution in [0.1, 0.15) is 45.2 Å². The maximum atomic E-state index is 13.8. The number of methoxy groups -OCH3 is 2. The van der Waals surface area contributed by atoms with Gasteiger partial charge in [-0.3, -0.25) is 9.59 Å². The molecule has 6 heteroatoms. The van der Waals surface area contributed by atoms with Gasteiger partial charge in [0, 0.05) is 51.7 Å². The number of likely N-dealkylation sites (tertiary alicyclic amines) is 1. The summed E-state index contributed by atoms with van der Waals surface area (Å²) in [6.07, 6.45) is 5.28. The van der Waals surface area contributed by atoms with Crippen molar-refractivity contribution in [2.75, 3.05) is 27.3 Å². The molecule has 7 rings (SSSR count). The summed E-state index contributed by atoms with van der Waals surface area (Å²) in [6.45, 7) is 3.02. The third-order valence-electron chi connectivity index (χ3n) is 8.94. The van der Waals surface area contributed by atoms with E-state index in [0.29, 0.717) is 18.8 Å². The maximum Gasteiger partial charge on any atom is 0.314 e. The topological polar surface area (TPSA) is 55.8 Å². The first-order chi connectivity index (χ1) is 18.0. The first-order valence-electron chi connectivity index (χ1n) is 12.8. The molecule has 1 aromatic heterocycles. The van der Waals surface area contributed by atoms with Gasteiger partial charge in [-0.25, -0.2) is 0 Å². The molecule has 0 unspecified atom stereocenters. The summed E-state index contributed by atoms with van der Waals surface area (Å²) < 4.78 is 11.0. The zero-order valence-electron chi connectivity index (χ0n) is 21.4. The van der Waals surface area contributed by atoms with Crippen LogP contribution in [0.5, 0.6) is 5.75 Å². The fraction of sp³-hybridized carbons (Fsp3) is 0.355. The molecule has 3 aliphatic carbocycles. The van der Waals surface area contributed by atoms with E-state index in [-0.39, 0.29) is 29.1 Å². The van der Waals surface area contributed by atoms with Gasteiger partial charge < -0.3 is 14.4 Å². The van der Waals surface area contributed by atoms with Gasteiger partial charge in [-0.2, -0.15) is 0 Å². The normalized spacial score (nSPS) is 27.7. The van der Waals surface area contributed by atoms with Crippen molar-refractivity contribution in [2.24, 2.45) is 11.3 Å². The number of fused-ring (bicyclic) bond motifs is 1. The summed E-state index contributed by atoms with van der Waals surface area (Å²) in [7, 11) is 3.11. The lowest BCUT2D eigenvalue weighted by Crippen LogP contribution is -2.60. The molecule has 37 heavy (non-hydrogen) atoms. The Morgan fingerprint density at radius 1 is 1.05 bits per heavy atom. The minimum absolute atomic E-state index is 0.0279. The Bertz CT molecular complexity index is 1410. The van der Waals surface area contributed by atoms with E-state index >= 15 is 0 Å². The number of hydrogen-bond donors (Lipinski definition) is 0. The molecule has 2 bridgehead atoms. The van der Waals surface area contributed by atoms with Crippen molar-refractivity contribution < 1.29 is 19.1 Å². The highest BCUT2D eigenvalue weighted by Crippen LogP contribution is 2.69. The first kappa shape index (κ1) is 24.0. The molecule has 2 heterocycles. The molecule has 1 aliphatic heterocycles. The Balaban J connectivity index is 1.45. The van der Waals surface area contributed by atoms with Crippen LogP contribution in [0.4, 0.5) is 0 Å². The average Bonchev–Trinajstić information content (AvgIpc) is 3.58. The van der Waals surface area contributed by atoms with Crippen LogP contribution in [0.15, 0.2) is 66.7 Å². The number of esters is 1. The van der Waals surface area contributed by atoms with E-state index in [4.69, 9.17) is 9.47 Å². The molecule has 0 N–H and O–H groups in total. The Labute approximate surface area is 221 Å². The number of amides is 1. The molecular weight excluding hydrogens is 482 g/mol. The molecule has 190 valence electrons. The van der Waals surface area contributed by atoms with Gasteiger partial charge in [0.25, 0.3) is 0 Å². The zero-order valence-corrected chi connectivity index (χ0v) is 22.2.